The van der Waals surface area contributed by atoms with Crippen molar-refractivity contribution >= 4 is 23.3 Å². The first-order chi connectivity index (χ1) is 50.0. The van der Waals surface area contributed by atoms with Gasteiger partial charge < -0.3 is 53.2 Å². The van der Waals surface area contributed by atoms with E-state index in [1.54, 1.807) is 42.5 Å². The summed E-state index contributed by atoms with van der Waals surface area (Å²) in [6.07, 6.45) is 6.85. The van der Waals surface area contributed by atoms with E-state index in [0.717, 1.165) is 67.8 Å². The van der Waals surface area contributed by atoms with Crippen LogP contribution < -0.4 is 14.2 Å². The van der Waals surface area contributed by atoms with Crippen LogP contribution in [0, 0.1) is 5.92 Å². The Morgan fingerprint density at radius 2 is 0.686 bits per heavy atom. The molecule has 0 radical (unpaired) electrons. The van der Waals surface area contributed by atoms with Crippen LogP contribution in [0.4, 0.5) is 0 Å². The van der Waals surface area contributed by atoms with Crippen LogP contribution in [0.3, 0.4) is 0 Å². The molecule has 3 N–H and O–H groups in total. The molecular weight excluding hydrogens is 1330 g/mol. The van der Waals surface area contributed by atoms with Gasteiger partial charge in [0.2, 0.25) is 0 Å². The lowest BCUT2D eigenvalue weighted by atomic mass is 9.99. The van der Waals surface area contributed by atoms with Crippen LogP contribution >= 0.6 is 11.3 Å². The average molecular weight is 1460 g/mol. The number of hydrogen-bond acceptors (Lipinski definition) is 14. The van der Waals surface area contributed by atoms with Crippen LogP contribution in [-0.4, -0.2) is 71.5 Å². The molecule has 0 aliphatic heterocycles. The molecule has 1 heterocycles. The highest BCUT2D eigenvalue weighted by Gasteiger charge is 2.20. The predicted molar refractivity (Wildman–Crippen MR) is 435 cm³/mol. The van der Waals surface area contributed by atoms with E-state index in [1.807, 2.05) is 177 Å². The fourth-order valence-electron chi connectivity index (χ4n) is 9.53. The molecule has 0 saturated carbocycles. The minimum absolute atomic E-state index is 0.0224. The Balaban J connectivity index is 0.000000427. The second-order valence-electron chi connectivity index (χ2n) is 27.5. The number of benzene rings is 7. The molecule has 7 aromatic carbocycles. The number of aromatic hydroxyl groups is 3. The minimum Gasteiger partial charge on any atom is -0.508 e. The summed E-state index contributed by atoms with van der Waals surface area (Å²) in [5, 5.41) is 28.9. The third-order valence-electron chi connectivity index (χ3n) is 17.9. The second kappa shape index (κ2) is 52.8. The van der Waals surface area contributed by atoms with Crippen molar-refractivity contribution in [1.29, 1.82) is 0 Å². The first kappa shape index (κ1) is 92.9. The monoisotopic (exact) mass is 1460 g/mol. The Hall–Kier alpha value is -8.14. The zero-order chi connectivity index (χ0) is 78.3. The highest BCUT2D eigenvalue weighted by molar-refractivity contribution is 7.12. The lowest BCUT2D eigenvalue weighted by Crippen LogP contribution is -2.27. The number of rotatable bonds is 30. The van der Waals surface area contributed by atoms with Crippen LogP contribution in [-0.2, 0) is 35.1 Å². The Morgan fingerprint density at radius 3 is 0.971 bits per heavy atom. The van der Waals surface area contributed by atoms with Gasteiger partial charge in [-0.15, -0.1) is 11.3 Å². The van der Waals surface area contributed by atoms with Crippen LogP contribution in [0.1, 0.15) is 274 Å². The highest BCUT2D eigenvalue weighted by atomic mass is 32.1. The molecule has 0 spiro atoms. The van der Waals surface area contributed by atoms with Crippen molar-refractivity contribution in [2.45, 2.75) is 257 Å². The molecule has 10 atom stereocenters. The quantitative estimate of drug-likeness (QED) is 0.0221. The summed E-state index contributed by atoms with van der Waals surface area (Å²) in [6, 6.07) is 60.6. The molecule has 14 heteroatoms. The number of ether oxygens (including phenoxy) is 8. The molecule has 0 aliphatic rings. The third kappa shape index (κ3) is 40.2. The molecule has 1 aromatic heterocycles. The van der Waals surface area contributed by atoms with E-state index < -0.39 is 6.29 Å². The molecule has 0 fully saturated rings. The molecule has 0 bridgehead atoms. The van der Waals surface area contributed by atoms with Gasteiger partial charge in [0.15, 0.2) is 18.9 Å². The van der Waals surface area contributed by atoms with Crippen LogP contribution in [0.2, 0.25) is 0 Å². The number of carbonyl (C=O) groups is 2. The molecule has 0 amide bonds. The molecular formula is C91H130O13S. The van der Waals surface area contributed by atoms with Gasteiger partial charge in [-0.1, -0.05) is 206 Å². The summed E-state index contributed by atoms with van der Waals surface area (Å²) in [7, 11) is 0. The van der Waals surface area contributed by atoms with Crippen molar-refractivity contribution in [3.63, 3.8) is 0 Å². The van der Waals surface area contributed by atoms with Crippen molar-refractivity contribution in [3.05, 3.63) is 237 Å². The second-order valence-corrected chi connectivity index (χ2v) is 28.4. The van der Waals surface area contributed by atoms with Gasteiger partial charge in [0.25, 0.3) is 0 Å². The normalized spacial score (nSPS) is 13.5. The standard InChI is InChI=1S/C19H24O4S.C19H24O2.C14H22O2.3C10H14O.C9H18O2/c1-4-14(2)16-7-9-17(10-8-16)23-15(3)21-11-12-22-19(20)18-6-5-13-24-18;1-4-15(2)18-10-12-19(13-11-18)21-16(3)20-14-17-8-6-5-7-9-17;1-5-11(3)13-7-9-14(10-8-13)16-12(4)15-6-2;3*1-3-8(2)9-4-6-10(11)7-5-9;1-6-7(2)8(10)11-9(3,4)5/h5-10,13-15H,4,11-12H2,1-3H3;5-13,15-16H,4,14H2,1-3H3;7-12H,5-6H2,1-4H3;3*4-8,11H,3H2,1-2H3;7H,6H2,1-5H3. The fraction of sp³-hybridized carbons (Fsp3) is 0.473. The first-order valence-corrected chi connectivity index (χ1v) is 38.9. The summed E-state index contributed by atoms with van der Waals surface area (Å²) in [4.78, 5) is 23.4. The Labute approximate surface area is 637 Å². The maximum atomic E-state index is 11.7. The number of esters is 2. The van der Waals surface area contributed by atoms with E-state index in [0.29, 0.717) is 77.5 Å². The lowest BCUT2D eigenvalue weighted by Gasteiger charge is -2.21. The number of phenolic OH excluding ortho intramolecular Hbond substituents is 3. The van der Waals surface area contributed by atoms with E-state index in [1.165, 1.54) is 44.7 Å². The molecule has 578 valence electrons. The summed E-state index contributed by atoms with van der Waals surface area (Å²) >= 11 is 1.36. The van der Waals surface area contributed by atoms with Gasteiger partial charge >= 0.3 is 11.9 Å². The third-order valence-corrected chi connectivity index (χ3v) is 18.7. The smallest absolute Gasteiger partial charge is 0.348 e. The van der Waals surface area contributed by atoms with Crippen molar-refractivity contribution in [2.75, 3.05) is 19.8 Å². The molecule has 8 rings (SSSR count). The molecule has 0 saturated heterocycles. The zero-order valence-corrected chi connectivity index (χ0v) is 68.2. The number of thiophene rings is 1. The Kier molecular flexibility index (Phi) is 46.7. The lowest BCUT2D eigenvalue weighted by molar-refractivity contribution is -0.159. The van der Waals surface area contributed by atoms with E-state index in [2.05, 4.69) is 119 Å². The van der Waals surface area contributed by atoms with E-state index in [4.69, 9.17) is 53.2 Å². The van der Waals surface area contributed by atoms with E-state index in [-0.39, 0.29) is 42.6 Å². The largest absolute Gasteiger partial charge is 0.508 e. The maximum Gasteiger partial charge on any atom is 0.348 e. The topological polar surface area (TPSA) is 169 Å². The summed E-state index contributed by atoms with van der Waals surface area (Å²) in [6.45, 7) is 45.2. The average Bonchev–Trinajstić information content (AvgIpc) is 1.32. The SMILES string of the molecule is CCC(C)C(=O)OC(C)(C)C.CCC(C)c1ccc(O)cc1.CCC(C)c1ccc(O)cc1.CCC(C)c1ccc(O)cc1.CCC(C)c1ccc(OC(C)OCCOC(=O)c2cccs2)cc1.CCC(C)c1ccc(OC(C)OCc2ccccc2)cc1.CCOC(C)Oc1ccc(C(C)CC)cc1. The van der Waals surface area contributed by atoms with Crippen LogP contribution in [0.15, 0.2) is 193 Å². The van der Waals surface area contributed by atoms with E-state index >= 15 is 0 Å². The Morgan fingerprint density at radius 1 is 0.371 bits per heavy atom. The Bertz CT molecular complexity index is 3320. The van der Waals surface area contributed by atoms with Gasteiger partial charge in [0.05, 0.1) is 19.1 Å². The molecule has 105 heavy (non-hydrogen) atoms. The van der Waals surface area contributed by atoms with Crippen molar-refractivity contribution in [3.8, 4) is 34.5 Å². The molecule has 13 nitrogen and oxygen atoms in total. The van der Waals surface area contributed by atoms with Crippen LogP contribution in [0.25, 0.3) is 0 Å². The summed E-state index contributed by atoms with van der Waals surface area (Å²) in [5.41, 5.74) is 8.71. The zero-order valence-electron chi connectivity index (χ0n) is 67.4. The van der Waals surface area contributed by atoms with Gasteiger partial charge in [0.1, 0.15) is 51.6 Å². The summed E-state index contributed by atoms with van der Waals surface area (Å²) in [5.74, 6) is 6.65. The van der Waals surface area contributed by atoms with Crippen LogP contribution in [0.5, 0.6) is 34.5 Å². The van der Waals surface area contributed by atoms with Gasteiger partial charge in [-0.3, -0.25) is 4.79 Å². The number of hydrogen-bond donors (Lipinski definition) is 3. The fourth-order valence-corrected chi connectivity index (χ4v) is 10.1. The van der Waals surface area contributed by atoms with Crippen molar-refractivity contribution < 1.29 is 62.8 Å². The molecule has 10 unspecified atom stereocenters. The molecule has 8 aromatic rings. The number of carbonyl (C=O) groups excluding carboxylic acids is 2. The van der Waals surface area contributed by atoms with Gasteiger partial charge in [-0.2, -0.15) is 0 Å². The van der Waals surface area contributed by atoms with Crippen molar-refractivity contribution in [2.24, 2.45) is 5.92 Å². The predicted octanol–water partition coefficient (Wildman–Crippen LogP) is 25.1. The highest BCUT2D eigenvalue weighted by Crippen LogP contribution is 2.28. The van der Waals surface area contributed by atoms with E-state index in [9.17, 15) is 9.59 Å². The first-order valence-electron chi connectivity index (χ1n) is 38.0. The molecule has 0 aliphatic carbocycles. The van der Waals surface area contributed by atoms with Gasteiger partial charge in [-0.05, 0) is 252 Å². The van der Waals surface area contributed by atoms with Gasteiger partial charge in [-0.25, -0.2) is 4.79 Å². The summed E-state index contributed by atoms with van der Waals surface area (Å²) < 4.78 is 43.9. The van der Waals surface area contributed by atoms with Crippen molar-refractivity contribution in [1.82, 2.24) is 0 Å². The maximum absolute atomic E-state index is 11.7. The number of phenols is 3. The minimum atomic E-state index is -0.403. The van der Waals surface area contributed by atoms with Gasteiger partial charge in [0, 0.05) is 6.61 Å².